The van der Waals surface area contributed by atoms with Crippen molar-refractivity contribution in [2.75, 3.05) is 0 Å². The maximum absolute atomic E-state index is 12.4. The number of rotatable bonds is 2. The summed E-state index contributed by atoms with van der Waals surface area (Å²) < 4.78 is 75.7. The van der Waals surface area contributed by atoms with Crippen LogP contribution in [0.3, 0.4) is 0 Å². The second kappa shape index (κ2) is 4.27. The predicted molar refractivity (Wildman–Crippen MR) is 43.5 cm³/mol. The lowest BCUT2D eigenvalue weighted by Crippen LogP contribution is -2.18. The van der Waals surface area contributed by atoms with E-state index in [9.17, 15) is 31.1 Å². The van der Waals surface area contributed by atoms with Crippen molar-refractivity contribution in [1.82, 2.24) is 0 Å². The normalized spacial score (nSPS) is 12.4. The monoisotopic (exact) mass is 258 g/mol. The van der Waals surface area contributed by atoms with Gasteiger partial charge in [0.15, 0.2) is 6.29 Å². The average Bonchev–Trinajstić information content (AvgIpc) is 2.13. The van der Waals surface area contributed by atoms with Crippen molar-refractivity contribution in [3.63, 3.8) is 0 Å². The fourth-order valence-corrected chi connectivity index (χ4v) is 1.08. The standard InChI is InChI=1S/C9H4F6O2/c10-8(11,12)7-3-6(17-9(13,14)15)2-1-5(7)4-16/h1-4H. The SMILES string of the molecule is O=Cc1ccc(OC(F)(F)F)cc1C(F)(F)F. The van der Waals surface area contributed by atoms with Gasteiger partial charge in [-0.15, -0.1) is 13.2 Å². The summed E-state index contributed by atoms with van der Waals surface area (Å²) in [6.45, 7) is 0. The summed E-state index contributed by atoms with van der Waals surface area (Å²) in [7, 11) is 0. The Morgan fingerprint density at radius 2 is 1.65 bits per heavy atom. The first kappa shape index (κ1) is 13.3. The molecular formula is C9H4F6O2. The van der Waals surface area contributed by atoms with Crippen LogP contribution < -0.4 is 4.74 Å². The van der Waals surface area contributed by atoms with Crippen LogP contribution in [0, 0.1) is 0 Å². The minimum atomic E-state index is -5.09. The molecule has 0 aliphatic carbocycles. The lowest BCUT2D eigenvalue weighted by atomic mass is 10.1. The molecule has 8 heteroatoms. The maximum atomic E-state index is 12.4. The number of ether oxygens (including phenoxy) is 1. The molecule has 1 aromatic carbocycles. The molecule has 0 aliphatic heterocycles. The number of halogens is 6. The van der Waals surface area contributed by atoms with Crippen LogP contribution in [0.5, 0.6) is 5.75 Å². The van der Waals surface area contributed by atoms with E-state index in [1.165, 1.54) is 0 Å². The van der Waals surface area contributed by atoms with Gasteiger partial charge in [0.2, 0.25) is 0 Å². The van der Waals surface area contributed by atoms with Gasteiger partial charge in [0.25, 0.3) is 0 Å². The largest absolute Gasteiger partial charge is 0.573 e. The van der Waals surface area contributed by atoms with Crippen molar-refractivity contribution < 1.29 is 35.9 Å². The number of carbonyl (C=O) groups is 1. The molecule has 0 aliphatic rings. The molecule has 0 heterocycles. The van der Waals surface area contributed by atoms with E-state index in [0.717, 1.165) is 0 Å². The van der Waals surface area contributed by atoms with Crippen molar-refractivity contribution in [2.45, 2.75) is 12.5 Å². The van der Waals surface area contributed by atoms with Crippen molar-refractivity contribution in [1.29, 1.82) is 0 Å². The molecule has 0 N–H and O–H groups in total. The second-order valence-electron chi connectivity index (χ2n) is 2.91. The van der Waals surface area contributed by atoms with E-state index in [0.29, 0.717) is 12.1 Å². The van der Waals surface area contributed by atoms with E-state index < -0.39 is 29.4 Å². The molecule has 0 spiro atoms. The van der Waals surface area contributed by atoms with Gasteiger partial charge in [0, 0.05) is 5.56 Å². The molecule has 94 valence electrons. The molecular weight excluding hydrogens is 254 g/mol. The zero-order valence-electron chi connectivity index (χ0n) is 7.89. The topological polar surface area (TPSA) is 26.3 Å². The fraction of sp³-hybridized carbons (Fsp3) is 0.222. The predicted octanol–water partition coefficient (Wildman–Crippen LogP) is 3.42. The first-order valence-corrected chi connectivity index (χ1v) is 4.05. The summed E-state index contributed by atoms with van der Waals surface area (Å²) in [6, 6.07) is 1.36. The Hall–Kier alpha value is -1.73. The lowest BCUT2D eigenvalue weighted by Gasteiger charge is -2.13. The molecule has 0 fully saturated rings. The van der Waals surface area contributed by atoms with Crippen LogP contribution in [0.4, 0.5) is 26.3 Å². The van der Waals surface area contributed by atoms with Gasteiger partial charge in [-0.25, -0.2) is 0 Å². The Labute approximate surface area is 90.8 Å². The van der Waals surface area contributed by atoms with Crippen LogP contribution in [0.2, 0.25) is 0 Å². The number of hydrogen-bond donors (Lipinski definition) is 0. The summed E-state index contributed by atoms with van der Waals surface area (Å²) in [5, 5.41) is 0. The molecule has 0 bridgehead atoms. The minimum Gasteiger partial charge on any atom is -0.406 e. The quantitative estimate of drug-likeness (QED) is 0.600. The Morgan fingerprint density at radius 1 is 1.06 bits per heavy atom. The fourth-order valence-electron chi connectivity index (χ4n) is 1.08. The van der Waals surface area contributed by atoms with Crippen LogP contribution in [-0.2, 0) is 6.18 Å². The van der Waals surface area contributed by atoms with Gasteiger partial charge in [0.05, 0.1) is 5.56 Å². The number of benzene rings is 1. The maximum Gasteiger partial charge on any atom is 0.573 e. The molecule has 1 rings (SSSR count). The summed E-state index contributed by atoms with van der Waals surface area (Å²) in [6.07, 6.45) is -10.1. The van der Waals surface area contributed by atoms with Gasteiger partial charge in [-0.1, -0.05) is 0 Å². The Bertz CT molecular complexity index is 420. The molecule has 1 aromatic rings. The third kappa shape index (κ3) is 3.65. The second-order valence-corrected chi connectivity index (χ2v) is 2.91. The average molecular weight is 258 g/mol. The van der Waals surface area contributed by atoms with Crippen molar-refractivity contribution in [3.8, 4) is 5.75 Å². The summed E-state index contributed by atoms with van der Waals surface area (Å²) in [5.74, 6) is -1.03. The molecule has 0 radical (unpaired) electrons. The lowest BCUT2D eigenvalue weighted by molar-refractivity contribution is -0.274. The molecule has 0 aromatic heterocycles. The van der Waals surface area contributed by atoms with E-state index in [4.69, 9.17) is 0 Å². The van der Waals surface area contributed by atoms with Gasteiger partial charge in [0.1, 0.15) is 5.75 Å². The number of aldehydes is 1. The first-order valence-electron chi connectivity index (χ1n) is 4.05. The third-order valence-corrected chi connectivity index (χ3v) is 1.69. The Morgan fingerprint density at radius 3 is 2.06 bits per heavy atom. The highest BCUT2D eigenvalue weighted by molar-refractivity contribution is 5.78. The van der Waals surface area contributed by atoms with E-state index >= 15 is 0 Å². The molecule has 2 nitrogen and oxygen atoms in total. The number of alkyl halides is 6. The zero-order chi connectivity index (χ0) is 13.3. The Balaban J connectivity index is 3.19. The van der Waals surface area contributed by atoms with Gasteiger partial charge in [-0.2, -0.15) is 13.2 Å². The van der Waals surface area contributed by atoms with Crippen molar-refractivity contribution in [3.05, 3.63) is 29.3 Å². The zero-order valence-corrected chi connectivity index (χ0v) is 7.89. The van der Waals surface area contributed by atoms with E-state index in [1.807, 2.05) is 0 Å². The molecule has 0 unspecified atom stereocenters. The van der Waals surface area contributed by atoms with Gasteiger partial charge >= 0.3 is 12.5 Å². The van der Waals surface area contributed by atoms with Gasteiger partial charge in [-0.05, 0) is 18.2 Å². The van der Waals surface area contributed by atoms with Gasteiger partial charge in [-0.3, -0.25) is 4.79 Å². The number of carbonyl (C=O) groups excluding carboxylic acids is 1. The molecule has 0 atom stereocenters. The van der Waals surface area contributed by atoms with Crippen molar-refractivity contribution >= 4 is 6.29 Å². The highest BCUT2D eigenvalue weighted by Gasteiger charge is 2.36. The van der Waals surface area contributed by atoms with Crippen LogP contribution in [0.25, 0.3) is 0 Å². The highest BCUT2D eigenvalue weighted by atomic mass is 19.4. The smallest absolute Gasteiger partial charge is 0.406 e. The minimum absolute atomic E-state index is 0.0970. The molecule has 0 saturated heterocycles. The van der Waals surface area contributed by atoms with Crippen LogP contribution >= 0.6 is 0 Å². The molecule has 0 saturated carbocycles. The van der Waals surface area contributed by atoms with E-state index in [1.54, 1.807) is 0 Å². The third-order valence-electron chi connectivity index (χ3n) is 1.69. The van der Waals surface area contributed by atoms with Crippen molar-refractivity contribution in [2.24, 2.45) is 0 Å². The van der Waals surface area contributed by atoms with Crippen LogP contribution in [0.15, 0.2) is 18.2 Å². The molecule has 0 amide bonds. The summed E-state index contributed by atoms with van der Waals surface area (Å²) >= 11 is 0. The summed E-state index contributed by atoms with van der Waals surface area (Å²) in [4.78, 5) is 10.3. The van der Waals surface area contributed by atoms with E-state index in [-0.39, 0.29) is 12.4 Å². The van der Waals surface area contributed by atoms with Crippen LogP contribution in [0.1, 0.15) is 15.9 Å². The molecule has 17 heavy (non-hydrogen) atoms. The number of hydrogen-bond acceptors (Lipinski definition) is 2. The Kier molecular flexibility index (Phi) is 3.35. The first-order chi connectivity index (χ1) is 7.63. The van der Waals surface area contributed by atoms with Gasteiger partial charge < -0.3 is 4.74 Å². The highest BCUT2D eigenvalue weighted by Crippen LogP contribution is 2.35. The van der Waals surface area contributed by atoms with E-state index in [2.05, 4.69) is 4.74 Å². The van der Waals surface area contributed by atoms with Crippen LogP contribution in [-0.4, -0.2) is 12.6 Å². The summed E-state index contributed by atoms with van der Waals surface area (Å²) in [5.41, 5.74) is -2.23.